The third-order valence-electron chi connectivity index (χ3n) is 2.31. The Kier molecular flexibility index (Phi) is 7.16. The second kappa shape index (κ2) is 7.23. The van der Waals surface area contributed by atoms with Gasteiger partial charge in [0, 0.05) is 16.6 Å². The van der Waals surface area contributed by atoms with E-state index in [0.29, 0.717) is 15.6 Å². The van der Waals surface area contributed by atoms with Crippen LogP contribution in [0, 0.1) is 0 Å². The smallest absolute Gasteiger partial charge is 0.123 e. The normalized spacial score (nSPS) is 12.0. The fourth-order valence-corrected chi connectivity index (χ4v) is 2.13. The van der Waals surface area contributed by atoms with Gasteiger partial charge in [0.25, 0.3) is 0 Å². The van der Waals surface area contributed by atoms with Gasteiger partial charge in [-0.2, -0.15) is 0 Å². The van der Waals surface area contributed by atoms with Crippen molar-refractivity contribution in [2.75, 3.05) is 0 Å². The molecule has 3 N–H and O–H groups in total. The molecule has 0 aromatic heterocycles. The maximum absolute atomic E-state index is 9.69. The second-order valence-corrected chi connectivity index (χ2v) is 4.41. The van der Waals surface area contributed by atoms with Crippen molar-refractivity contribution in [3.8, 4) is 5.75 Å². The van der Waals surface area contributed by atoms with Gasteiger partial charge in [-0.1, -0.05) is 43.0 Å². The molecular weight excluding hydrogens is 268 g/mol. The summed E-state index contributed by atoms with van der Waals surface area (Å²) < 4.78 is 0. The molecule has 0 bridgehead atoms. The van der Waals surface area contributed by atoms with E-state index < -0.39 is 0 Å². The molecule has 0 unspecified atom stereocenters. The molecule has 92 valence electrons. The lowest BCUT2D eigenvalue weighted by atomic mass is 10.0. The van der Waals surface area contributed by atoms with E-state index in [1.807, 2.05) is 0 Å². The highest BCUT2D eigenvalue weighted by Gasteiger charge is 2.15. The van der Waals surface area contributed by atoms with Gasteiger partial charge in [0.15, 0.2) is 0 Å². The number of phenols is 1. The standard InChI is InChI=1S/C11H15Cl2NO.ClH/c1-2-3-4-9(14)11-8(13)5-7(12)6-10(11)15;/h5-6,9,15H,2-4,14H2,1H3;1H/t9-;/m1./s1. The third kappa shape index (κ3) is 4.02. The SMILES string of the molecule is CCCC[C@@H](N)c1c(O)cc(Cl)cc1Cl.Cl. The maximum Gasteiger partial charge on any atom is 0.123 e. The molecule has 0 amide bonds. The lowest BCUT2D eigenvalue weighted by Gasteiger charge is -2.15. The van der Waals surface area contributed by atoms with Gasteiger partial charge in [0.2, 0.25) is 0 Å². The molecule has 2 nitrogen and oxygen atoms in total. The van der Waals surface area contributed by atoms with Gasteiger partial charge < -0.3 is 10.8 Å². The number of nitrogens with two attached hydrogens (primary N) is 1. The molecule has 1 aromatic carbocycles. The van der Waals surface area contributed by atoms with Crippen LogP contribution in [0.15, 0.2) is 12.1 Å². The van der Waals surface area contributed by atoms with Crippen molar-refractivity contribution in [3.05, 3.63) is 27.7 Å². The minimum Gasteiger partial charge on any atom is -0.508 e. The van der Waals surface area contributed by atoms with Gasteiger partial charge in [-0.3, -0.25) is 0 Å². The number of phenolic OH excluding ortho intramolecular Hbond substituents is 1. The highest BCUT2D eigenvalue weighted by atomic mass is 35.5. The van der Waals surface area contributed by atoms with Crippen LogP contribution in [0.5, 0.6) is 5.75 Å². The summed E-state index contributed by atoms with van der Waals surface area (Å²) in [6, 6.07) is 2.84. The Morgan fingerprint density at radius 3 is 2.50 bits per heavy atom. The van der Waals surface area contributed by atoms with E-state index in [4.69, 9.17) is 28.9 Å². The molecule has 16 heavy (non-hydrogen) atoms. The molecule has 0 spiro atoms. The summed E-state index contributed by atoms with van der Waals surface area (Å²) in [5.74, 6) is 0.0797. The molecule has 0 saturated heterocycles. The van der Waals surface area contributed by atoms with Crippen molar-refractivity contribution in [2.24, 2.45) is 5.73 Å². The van der Waals surface area contributed by atoms with Gasteiger partial charge in [-0.05, 0) is 18.6 Å². The summed E-state index contributed by atoms with van der Waals surface area (Å²) in [4.78, 5) is 0. The fraction of sp³-hybridized carbons (Fsp3) is 0.455. The van der Waals surface area contributed by atoms with Crippen LogP contribution < -0.4 is 5.73 Å². The molecule has 5 heteroatoms. The number of hydrogen-bond donors (Lipinski definition) is 2. The van der Waals surface area contributed by atoms with E-state index in [2.05, 4.69) is 6.92 Å². The summed E-state index contributed by atoms with van der Waals surface area (Å²) in [6.07, 6.45) is 2.89. The van der Waals surface area contributed by atoms with E-state index in [-0.39, 0.29) is 24.2 Å². The van der Waals surface area contributed by atoms with E-state index in [9.17, 15) is 5.11 Å². The van der Waals surface area contributed by atoms with Gasteiger partial charge in [0.1, 0.15) is 5.75 Å². The van der Waals surface area contributed by atoms with Crippen LogP contribution in [-0.2, 0) is 0 Å². The molecular formula is C11H16Cl3NO. The number of benzene rings is 1. The van der Waals surface area contributed by atoms with E-state index in [0.717, 1.165) is 19.3 Å². The summed E-state index contributed by atoms with van der Waals surface area (Å²) in [5, 5.41) is 10.5. The quantitative estimate of drug-likeness (QED) is 0.865. The lowest BCUT2D eigenvalue weighted by Crippen LogP contribution is -2.10. The molecule has 0 aliphatic heterocycles. The van der Waals surface area contributed by atoms with Crippen molar-refractivity contribution < 1.29 is 5.11 Å². The second-order valence-electron chi connectivity index (χ2n) is 3.57. The zero-order chi connectivity index (χ0) is 11.4. The first kappa shape index (κ1) is 15.9. The largest absolute Gasteiger partial charge is 0.508 e. The highest BCUT2D eigenvalue weighted by molar-refractivity contribution is 6.35. The number of aromatic hydroxyl groups is 1. The molecule has 0 aliphatic rings. The van der Waals surface area contributed by atoms with Crippen molar-refractivity contribution in [1.29, 1.82) is 0 Å². The van der Waals surface area contributed by atoms with Gasteiger partial charge >= 0.3 is 0 Å². The van der Waals surface area contributed by atoms with Crippen LogP contribution >= 0.6 is 35.6 Å². The van der Waals surface area contributed by atoms with Crippen molar-refractivity contribution in [3.63, 3.8) is 0 Å². The average molecular weight is 285 g/mol. The summed E-state index contributed by atoms with van der Waals surface area (Å²) in [6.45, 7) is 2.09. The van der Waals surface area contributed by atoms with Crippen LogP contribution in [0.1, 0.15) is 37.8 Å². The van der Waals surface area contributed by atoms with E-state index in [1.54, 1.807) is 6.07 Å². The molecule has 0 saturated carbocycles. The molecule has 0 fully saturated rings. The van der Waals surface area contributed by atoms with Crippen molar-refractivity contribution in [1.82, 2.24) is 0 Å². The minimum atomic E-state index is -0.227. The molecule has 1 rings (SSSR count). The Morgan fingerprint density at radius 1 is 1.38 bits per heavy atom. The number of unbranched alkanes of at least 4 members (excludes halogenated alkanes) is 1. The number of rotatable bonds is 4. The lowest BCUT2D eigenvalue weighted by molar-refractivity contribution is 0.457. The van der Waals surface area contributed by atoms with Gasteiger partial charge in [-0.25, -0.2) is 0 Å². The molecule has 1 aromatic rings. The topological polar surface area (TPSA) is 46.2 Å². The Labute approximate surface area is 112 Å². The van der Waals surface area contributed by atoms with Gasteiger partial charge in [0.05, 0.1) is 5.02 Å². The first-order valence-corrected chi connectivity index (χ1v) is 5.75. The Balaban J connectivity index is 0.00000225. The monoisotopic (exact) mass is 283 g/mol. The third-order valence-corrected chi connectivity index (χ3v) is 2.84. The predicted octanol–water partition coefficient (Wildman–Crippen LogP) is 4.31. The number of hydrogen-bond acceptors (Lipinski definition) is 2. The maximum atomic E-state index is 9.69. The van der Waals surface area contributed by atoms with E-state index in [1.165, 1.54) is 6.07 Å². The number of halogens is 3. The Bertz CT molecular complexity index is 321. The molecule has 0 radical (unpaired) electrons. The molecule has 0 heterocycles. The minimum absolute atomic E-state index is 0. The summed E-state index contributed by atoms with van der Waals surface area (Å²) in [7, 11) is 0. The van der Waals surface area contributed by atoms with Crippen molar-refractivity contribution >= 4 is 35.6 Å². The van der Waals surface area contributed by atoms with Crippen LogP contribution in [0.2, 0.25) is 10.0 Å². The van der Waals surface area contributed by atoms with Crippen molar-refractivity contribution in [2.45, 2.75) is 32.2 Å². The molecule has 0 aliphatic carbocycles. The predicted molar refractivity (Wildman–Crippen MR) is 71.8 cm³/mol. The first-order valence-electron chi connectivity index (χ1n) is 4.99. The van der Waals surface area contributed by atoms with Gasteiger partial charge in [-0.15, -0.1) is 12.4 Å². The Hall–Kier alpha value is -0.150. The summed E-state index contributed by atoms with van der Waals surface area (Å²) >= 11 is 11.7. The zero-order valence-corrected chi connectivity index (χ0v) is 11.4. The van der Waals surface area contributed by atoms with Crippen LogP contribution in [0.3, 0.4) is 0 Å². The Morgan fingerprint density at radius 2 is 2.00 bits per heavy atom. The van der Waals surface area contributed by atoms with Crippen LogP contribution in [0.25, 0.3) is 0 Å². The highest BCUT2D eigenvalue weighted by Crippen LogP contribution is 2.35. The fourth-order valence-electron chi connectivity index (χ4n) is 1.51. The zero-order valence-electron chi connectivity index (χ0n) is 9.04. The molecule has 1 atom stereocenters. The van der Waals surface area contributed by atoms with E-state index >= 15 is 0 Å². The van der Waals surface area contributed by atoms with Crippen LogP contribution in [0.4, 0.5) is 0 Å². The average Bonchev–Trinajstić information content (AvgIpc) is 2.12. The van der Waals surface area contributed by atoms with Crippen LogP contribution in [-0.4, -0.2) is 5.11 Å². The summed E-state index contributed by atoms with van der Waals surface area (Å²) in [5.41, 5.74) is 6.54. The first-order chi connectivity index (χ1) is 7.06.